The van der Waals surface area contributed by atoms with Crippen LogP contribution in [0.4, 0.5) is 5.69 Å². The molecule has 18 heavy (non-hydrogen) atoms. The summed E-state index contributed by atoms with van der Waals surface area (Å²) in [5.74, 6) is 0. The summed E-state index contributed by atoms with van der Waals surface area (Å²) in [6, 6.07) is 5.31. The van der Waals surface area contributed by atoms with Crippen molar-refractivity contribution in [2.45, 2.75) is 18.2 Å². The molecule has 1 aliphatic heterocycles. The van der Waals surface area contributed by atoms with Gasteiger partial charge in [0.1, 0.15) is 0 Å². The molecule has 0 unspecified atom stereocenters. The number of nitrogens with two attached hydrogens (primary N) is 1. The van der Waals surface area contributed by atoms with Gasteiger partial charge in [-0.3, -0.25) is 0 Å². The SMILES string of the molecule is CCNS(=O)(=O)c1ccc2c(c1)N(CCN)CC2. The third kappa shape index (κ3) is 2.50. The Kier molecular flexibility index (Phi) is 3.89. The van der Waals surface area contributed by atoms with E-state index in [4.69, 9.17) is 5.73 Å². The van der Waals surface area contributed by atoms with Crippen molar-refractivity contribution in [2.24, 2.45) is 5.73 Å². The predicted molar refractivity (Wildman–Crippen MR) is 72.3 cm³/mol. The second kappa shape index (κ2) is 5.26. The zero-order chi connectivity index (χ0) is 13.2. The van der Waals surface area contributed by atoms with Crippen molar-refractivity contribution in [1.82, 2.24) is 4.72 Å². The molecule has 0 amide bonds. The fourth-order valence-electron chi connectivity index (χ4n) is 2.25. The van der Waals surface area contributed by atoms with Crippen molar-refractivity contribution in [1.29, 1.82) is 0 Å². The van der Waals surface area contributed by atoms with Crippen molar-refractivity contribution in [3.8, 4) is 0 Å². The number of rotatable bonds is 5. The highest BCUT2D eigenvalue weighted by molar-refractivity contribution is 7.89. The van der Waals surface area contributed by atoms with Gasteiger partial charge in [0.05, 0.1) is 4.90 Å². The van der Waals surface area contributed by atoms with E-state index in [0.717, 1.165) is 25.2 Å². The maximum atomic E-state index is 11.9. The summed E-state index contributed by atoms with van der Waals surface area (Å²) < 4.78 is 26.4. The minimum Gasteiger partial charge on any atom is -0.370 e. The molecule has 0 fully saturated rings. The van der Waals surface area contributed by atoms with Gasteiger partial charge >= 0.3 is 0 Å². The van der Waals surface area contributed by atoms with Gasteiger partial charge in [-0.05, 0) is 24.1 Å². The largest absolute Gasteiger partial charge is 0.370 e. The highest BCUT2D eigenvalue weighted by atomic mass is 32.2. The van der Waals surface area contributed by atoms with Gasteiger partial charge in [0.2, 0.25) is 10.0 Å². The molecule has 1 aliphatic rings. The molecule has 100 valence electrons. The Morgan fingerprint density at radius 1 is 1.44 bits per heavy atom. The number of hydrogen-bond donors (Lipinski definition) is 2. The summed E-state index contributed by atoms with van der Waals surface area (Å²) in [7, 11) is -3.38. The van der Waals surface area contributed by atoms with Gasteiger partial charge in [0.25, 0.3) is 0 Å². The average Bonchev–Trinajstić information content (AvgIpc) is 2.72. The lowest BCUT2D eigenvalue weighted by Crippen LogP contribution is -2.28. The number of benzene rings is 1. The molecule has 0 bridgehead atoms. The van der Waals surface area contributed by atoms with Crippen LogP contribution in [0.25, 0.3) is 0 Å². The standard InChI is InChI=1S/C12H19N3O2S/c1-2-14-18(16,17)11-4-3-10-5-7-15(8-6-13)12(10)9-11/h3-4,9,14H,2,5-8,13H2,1H3. The first-order chi connectivity index (χ1) is 8.58. The average molecular weight is 269 g/mol. The molecule has 1 heterocycles. The van der Waals surface area contributed by atoms with Crippen LogP contribution >= 0.6 is 0 Å². The summed E-state index contributed by atoms with van der Waals surface area (Å²) in [4.78, 5) is 2.47. The molecule has 3 N–H and O–H groups in total. The van der Waals surface area contributed by atoms with Gasteiger partial charge in [0.15, 0.2) is 0 Å². The third-order valence-electron chi connectivity index (χ3n) is 3.09. The van der Waals surface area contributed by atoms with Gasteiger partial charge in [-0.1, -0.05) is 13.0 Å². The van der Waals surface area contributed by atoms with Crippen LogP contribution in [0.5, 0.6) is 0 Å². The summed E-state index contributed by atoms with van der Waals surface area (Å²) in [5, 5.41) is 0. The molecule has 5 nitrogen and oxygen atoms in total. The van der Waals surface area contributed by atoms with Crippen LogP contribution in [0.2, 0.25) is 0 Å². The van der Waals surface area contributed by atoms with Gasteiger partial charge in [-0.15, -0.1) is 0 Å². The minimum atomic E-state index is -3.38. The fraction of sp³-hybridized carbons (Fsp3) is 0.500. The van der Waals surface area contributed by atoms with E-state index < -0.39 is 10.0 Å². The van der Waals surface area contributed by atoms with Gasteiger partial charge < -0.3 is 10.6 Å². The molecule has 0 radical (unpaired) electrons. The zero-order valence-corrected chi connectivity index (χ0v) is 11.3. The van der Waals surface area contributed by atoms with Gasteiger partial charge in [0, 0.05) is 31.9 Å². The fourth-order valence-corrected chi connectivity index (χ4v) is 3.31. The highest BCUT2D eigenvalue weighted by Crippen LogP contribution is 2.29. The lowest BCUT2D eigenvalue weighted by molar-refractivity contribution is 0.584. The molecule has 6 heteroatoms. The Hall–Kier alpha value is -1.11. The van der Waals surface area contributed by atoms with Crippen molar-refractivity contribution in [3.63, 3.8) is 0 Å². The molecule has 1 aromatic rings. The van der Waals surface area contributed by atoms with Crippen LogP contribution in [0, 0.1) is 0 Å². The number of fused-ring (bicyclic) bond motifs is 1. The van der Waals surface area contributed by atoms with Crippen molar-refractivity contribution in [3.05, 3.63) is 23.8 Å². The minimum absolute atomic E-state index is 0.326. The van der Waals surface area contributed by atoms with E-state index in [-0.39, 0.29) is 0 Å². The van der Waals surface area contributed by atoms with Crippen molar-refractivity contribution in [2.75, 3.05) is 31.1 Å². The van der Waals surface area contributed by atoms with Gasteiger partial charge in [-0.25, -0.2) is 13.1 Å². The van der Waals surface area contributed by atoms with Crippen LogP contribution in [-0.4, -0.2) is 34.6 Å². The number of hydrogen-bond acceptors (Lipinski definition) is 4. The molecule has 0 aromatic heterocycles. The maximum Gasteiger partial charge on any atom is 0.240 e. The molecular formula is C12H19N3O2S. The van der Waals surface area contributed by atoms with Crippen molar-refractivity contribution < 1.29 is 8.42 Å². The van der Waals surface area contributed by atoms with E-state index in [1.165, 1.54) is 5.56 Å². The second-order valence-electron chi connectivity index (χ2n) is 4.32. The Labute approximate surface area is 108 Å². The van der Waals surface area contributed by atoms with E-state index in [2.05, 4.69) is 9.62 Å². The van der Waals surface area contributed by atoms with E-state index in [1.54, 1.807) is 19.1 Å². The number of anilines is 1. The first kappa shape index (κ1) is 13.3. The van der Waals surface area contributed by atoms with E-state index in [9.17, 15) is 8.42 Å². The lowest BCUT2D eigenvalue weighted by atomic mass is 10.2. The molecule has 1 aromatic carbocycles. The third-order valence-corrected chi connectivity index (χ3v) is 4.64. The number of nitrogens with zero attached hydrogens (tertiary/aromatic N) is 1. The normalized spacial score (nSPS) is 14.9. The molecule has 0 spiro atoms. The van der Waals surface area contributed by atoms with Crippen molar-refractivity contribution >= 4 is 15.7 Å². The smallest absolute Gasteiger partial charge is 0.240 e. The van der Waals surface area contributed by atoms with E-state index >= 15 is 0 Å². The first-order valence-electron chi connectivity index (χ1n) is 6.16. The van der Waals surface area contributed by atoms with Crippen LogP contribution in [0.1, 0.15) is 12.5 Å². The molecule has 0 aliphatic carbocycles. The summed E-state index contributed by atoms with van der Waals surface area (Å²) >= 11 is 0. The Morgan fingerprint density at radius 3 is 2.89 bits per heavy atom. The molecule has 0 saturated heterocycles. The monoisotopic (exact) mass is 269 g/mol. The summed E-state index contributed by atoms with van der Waals surface area (Å²) in [5.41, 5.74) is 7.76. The number of nitrogens with one attached hydrogen (secondary N) is 1. The Morgan fingerprint density at radius 2 is 2.22 bits per heavy atom. The molecule has 0 atom stereocenters. The molecule has 2 rings (SSSR count). The predicted octanol–water partition coefficient (Wildman–Crippen LogP) is 0.306. The Balaban J connectivity index is 2.35. The highest BCUT2D eigenvalue weighted by Gasteiger charge is 2.21. The summed E-state index contributed by atoms with van der Waals surface area (Å²) in [6.45, 7) is 4.41. The number of sulfonamides is 1. The summed E-state index contributed by atoms with van der Waals surface area (Å²) in [6.07, 6.45) is 0.955. The zero-order valence-electron chi connectivity index (χ0n) is 10.5. The maximum absolute atomic E-state index is 11.9. The van der Waals surface area contributed by atoms with E-state index in [0.29, 0.717) is 18.0 Å². The van der Waals surface area contributed by atoms with Crippen LogP contribution < -0.4 is 15.4 Å². The Bertz CT molecular complexity index is 526. The lowest BCUT2D eigenvalue weighted by Gasteiger charge is -2.18. The molecule has 0 saturated carbocycles. The van der Waals surface area contributed by atoms with Crippen LogP contribution in [0.15, 0.2) is 23.1 Å². The van der Waals surface area contributed by atoms with Crippen LogP contribution in [-0.2, 0) is 16.4 Å². The van der Waals surface area contributed by atoms with Crippen LogP contribution in [0.3, 0.4) is 0 Å². The second-order valence-corrected chi connectivity index (χ2v) is 6.08. The quantitative estimate of drug-likeness (QED) is 0.806. The topological polar surface area (TPSA) is 75.4 Å². The first-order valence-corrected chi connectivity index (χ1v) is 7.64. The van der Waals surface area contributed by atoms with Gasteiger partial charge in [-0.2, -0.15) is 0 Å². The van der Waals surface area contributed by atoms with E-state index in [1.807, 2.05) is 6.07 Å². The molecular weight excluding hydrogens is 250 g/mol.